The van der Waals surface area contributed by atoms with Crippen LogP contribution in [0.15, 0.2) is 179 Å². The maximum Gasteiger partial charge on any atom is 0.287 e. The molecule has 58 heavy (non-hydrogen) atoms. The highest BCUT2D eigenvalue weighted by molar-refractivity contribution is 6.07. The SMILES string of the molecule is O=C(N/N=C\c1ccc2ccc3ccc(/C=N/NC(=O)/C(=C\c4ccccc4)NC(=O)c4ccccc4)nc3c2n1)/C(=C/c1ccccc1)NC(=O)c1ccccc1. The summed E-state index contributed by atoms with van der Waals surface area (Å²) in [5.74, 6) is -2.15. The molecule has 0 atom stereocenters. The van der Waals surface area contributed by atoms with E-state index < -0.39 is 23.6 Å². The van der Waals surface area contributed by atoms with Crippen molar-refractivity contribution in [1.82, 2.24) is 31.5 Å². The lowest BCUT2D eigenvalue weighted by atomic mass is 10.1. The summed E-state index contributed by atoms with van der Waals surface area (Å²) in [6, 6.07) is 46.5. The second-order valence-electron chi connectivity index (χ2n) is 12.7. The molecule has 0 aliphatic rings. The van der Waals surface area contributed by atoms with Gasteiger partial charge in [0, 0.05) is 21.9 Å². The lowest BCUT2D eigenvalue weighted by molar-refractivity contribution is -0.118. The van der Waals surface area contributed by atoms with Crippen LogP contribution in [0.1, 0.15) is 43.2 Å². The van der Waals surface area contributed by atoms with E-state index in [1.165, 1.54) is 12.4 Å². The number of benzene rings is 5. The molecule has 0 bridgehead atoms. The lowest BCUT2D eigenvalue weighted by Gasteiger charge is -2.09. The van der Waals surface area contributed by atoms with Gasteiger partial charge in [0.2, 0.25) is 0 Å². The summed E-state index contributed by atoms with van der Waals surface area (Å²) in [5.41, 5.74) is 9.22. The Bertz CT molecular complexity index is 2550. The molecule has 0 saturated carbocycles. The fourth-order valence-corrected chi connectivity index (χ4v) is 5.69. The van der Waals surface area contributed by atoms with E-state index in [1.807, 2.05) is 84.9 Å². The lowest BCUT2D eigenvalue weighted by Crippen LogP contribution is -2.32. The Kier molecular flexibility index (Phi) is 12.0. The first-order valence-electron chi connectivity index (χ1n) is 18.0. The van der Waals surface area contributed by atoms with E-state index >= 15 is 0 Å². The molecular formula is C46H34N8O4. The summed E-state index contributed by atoms with van der Waals surface area (Å²) < 4.78 is 0. The minimum atomic E-state index is -0.630. The summed E-state index contributed by atoms with van der Waals surface area (Å²) in [6.07, 6.45) is 5.92. The topological polar surface area (TPSA) is 167 Å². The van der Waals surface area contributed by atoms with Gasteiger partial charge in [-0.1, -0.05) is 121 Å². The summed E-state index contributed by atoms with van der Waals surface area (Å²) in [5, 5.41) is 15.3. The highest BCUT2D eigenvalue weighted by atomic mass is 16.2. The third-order valence-corrected chi connectivity index (χ3v) is 8.57. The number of nitrogens with one attached hydrogen (secondary N) is 4. The van der Waals surface area contributed by atoms with E-state index in [1.54, 1.807) is 84.9 Å². The number of fused-ring (bicyclic) bond motifs is 3. The molecular weight excluding hydrogens is 729 g/mol. The number of carbonyl (C=O) groups excluding carboxylic acids is 4. The van der Waals surface area contributed by atoms with Crippen LogP contribution in [0, 0.1) is 0 Å². The predicted molar refractivity (Wildman–Crippen MR) is 225 cm³/mol. The number of nitrogens with zero attached hydrogens (tertiary/aromatic N) is 4. The number of hydrazone groups is 2. The van der Waals surface area contributed by atoms with Crippen molar-refractivity contribution in [2.75, 3.05) is 0 Å². The number of pyridine rings is 2. The number of hydrogen-bond donors (Lipinski definition) is 4. The second kappa shape index (κ2) is 18.3. The molecule has 2 aromatic heterocycles. The first kappa shape index (κ1) is 37.9. The maximum atomic E-state index is 13.3. The van der Waals surface area contributed by atoms with Gasteiger partial charge < -0.3 is 10.6 Å². The van der Waals surface area contributed by atoms with E-state index in [-0.39, 0.29) is 11.4 Å². The van der Waals surface area contributed by atoms with Gasteiger partial charge in [-0.05, 0) is 59.7 Å². The summed E-state index contributed by atoms with van der Waals surface area (Å²) in [7, 11) is 0. The third-order valence-electron chi connectivity index (χ3n) is 8.57. The molecule has 0 radical (unpaired) electrons. The molecule has 0 aliphatic heterocycles. The summed E-state index contributed by atoms with van der Waals surface area (Å²) in [6.45, 7) is 0. The smallest absolute Gasteiger partial charge is 0.287 e. The van der Waals surface area contributed by atoms with Gasteiger partial charge in [0.1, 0.15) is 11.4 Å². The predicted octanol–water partition coefficient (Wildman–Crippen LogP) is 6.63. The van der Waals surface area contributed by atoms with Crippen molar-refractivity contribution in [3.8, 4) is 0 Å². The van der Waals surface area contributed by atoms with Gasteiger partial charge in [-0.15, -0.1) is 0 Å². The van der Waals surface area contributed by atoms with Crippen molar-refractivity contribution in [2.45, 2.75) is 0 Å². The molecule has 0 fully saturated rings. The van der Waals surface area contributed by atoms with Crippen molar-refractivity contribution in [3.63, 3.8) is 0 Å². The fourth-order valence-electron chi connectivity index (χ4n) is 5.69. The average Bonchev–Trinajstić information content (AvgIpc) is 3.27. The summed E-state index contributed by atoms with van der Waals surface area (Å²) >= 11 is 0. The van der Waals surface area contributed by atoms with Crippen molar-refractivity contribution in [1.29, 1.82) is 0 Å². The number of carbonyl (C=O) groups is 4. The Balaban J connectivity index is 1.07. The number of amides is 4. The quantitative estimate of drug-likeness (QED) is 0.0472. The van der Waals surface area contributed by atoms with Crippen LogP contribution in [-0.2, 0) is 9.59 Å². The number of aromatic nitrogens is 2. The van der Waals surface area contributed by atoms with E-state index in [2.05, 4.69) is 31.7 Å². The molecule has 0 unspecified atom stereocenters. The van der Waals surface area contributed by atoms with Gasteiger partial charge in [-0.2, -0.15) is 10.2 Å². The Morgan fingerprint density at radius 3 is 1.16 bits per heavy atom. The number of hydrogen-bond acceptors (Lipinski definition) is 8. The Morgan fingerprint density at radius 2 is 0.776 bits per heavy atom. The van der Waals surface area contributed by atoms with E-state index in [0.717, 1.165) is 10.8 Å². The molecule has 0 saturated heterocycles. The minimum Gasteiger partial charge on any atom is -0.317 e. The molecule has 12 nitrogen and oxygen atoms in total. The van der Waals surface area contributed by atoms with Crippen LogP contribution in [0.2, 0.25) is 0 Å². The van der Waals surface area contributed by atoms with Crippen LogP contribution in [-0.4, -0.2) is 46.0 Å². The third kappa shape index (κ3) is 9.83. The summed E-state index contributed by atoms with van der Waals surface area (Å²) in [4.78, 5) is 61.9. The van der Waals surface area contributed by atoms with E-state index in [9.17, 15) is 19.2 Å². The Labute approximate surface area is 332 Å². The number of rotatable bonds is 12. The van der Waals surface area contributed by atoms with Crippen LogP contribution in [0.4, 0.5) is 0 Å². The molecule has 5 aromatic carbocycles. The van der Waals surface area contributed by atoms with Gasteiger partial charge in [0.25, 0.3) is 23.6 Å². The molecule has 2 heterocycles. The first-order chi connectivity index (χ1) is 28.4. The molecule has 282 valence electrons. The van der Waals surface area contributed by atoms with Crippen molar-refractivity contribution >= 4 is 70.0 Å². The standard InChI is InChI=1S/C46H34N8O4/c55-43(35-17-9-3-10-18-35)51-39(27-31-13-5-1-6-14-31)45(57)53-47-29-37-25-23-33-21-22-34-24-26-38(50-42(34)41(33)49-37)30-48-54-46(58)40(28-32-15-7-2-8-16-32)52-44(56)36-19-11-4-12-20-36/h1-30H,(H,51,55)(H,52,56)(H,53,57)(H,54,58)/b39-27-,40-28+,47-29-,48-30+. The highest BCUT2D eigenvalue weighted by Gasteiger charge is 2.16. The van der Waals surface area contributed by atoms with Gasteiger partial charge >= 0.3 is 0 Å². The van der Waals surface area contributed by atoms with E-state index in [4.69, 9.17) is 9.97 Å². The van der Waals surface area contributed by atoms with Crippen LogP contribution in [0.3, 0.4) is 0 Å². The van der Waals surface area contributed by atoms with Crippen LogP contribution >= 0.6 is 0 Å². The van der Waals surface area contributed by atoms with Crippen molar-refractivity contribution < 1.29 is 19.2 Å². The Morgan fingerprint density at radius 1 is 0.431 bits per heavy atom. The van der Waals surface area contributed by atoms with Crippen LogP contribution in [0.5, 0.6) is 0 Å². The van der Waals surface area contributed by atoms with Crippen molar-refractivity contribution in [3.05, 3.63) is 203 Å². The molecule has 12 heteroatoms. The van der Waals surface area contributed by atoms with Gasteiger partial charge in [0.05, 0.1) is 34.9 Å². The zero-order valence-corrected chi connectivity index (χ0v) is 30.7. The molecule has 7 aromatic rings. The Hall–Kier alpha value is -8.38. The van der Waals surface area contributed by atoms with Crippen LogP contribution in [0.25, 0.3) is 34.0 Å². The van der Waals surface area contributed by atoms with Gasteiger partial charge in [-0.3, -0.25) is 19.2 Å². The molecule has 4 amide bonds. The molecule has 0 spiro atoms. The minimum absolute atomic E-state index is 0.00428. The fraction of sp³-hybridized carbons (Fsp3) is 0. The molecule has 4 N–H and O–H groups in total. The first-order valence-corrected chi connectivity index (χ1v) is 18.0. The zero-order chi connectivity index (χ0) is 40.1. The monoisotopic (exact) mass is 762 g/mol. The largest absolute Gasteiger partial charge is 0.317 e. The van der Waals surface area contributed by atoms with E-state index in [0.29, 0.717) is 44.7 Å². The van der Waals surface area contributed by atoms with Crippen LogP contribution < -0.4 is 21.5 Å². The van der Waals surface area contributed by atoms with Gasteiger partial charge in [-0.25, -0.2) is 20.8 Å². The van der Waals surface area contributed by atoms with Gasteiger partial charge in [0.15, 0.2) is 0 Å². The normalized spacial score (nSPS) is 11.8. The highest BCUT2D eigenvalue weighted by Crippen LogP contribution is 2.23. The molecule has 7 rings (SSSR count). The second-order valence-corrected chi connectivity index (χ2v) is 12.7. The zero-order valence-electron chi connectivity index (χ0n) is 30.7. The average molecular weight is 763 g/mol. The molecule has 0 aliphatic carbocycles. The van der Waals surface area contributed by atoms with Crippen molar-refractivity contribution in [2.24, 2.45) is 10.2 Å². The maximum absolute atomic E-state index is 13.3.